The molecule has 0 spiro atoms. The summed E-state index contributed by atoms with van der Waals surface area (Å²) in [6, 6.07) is 4.99. The third-order valence-corrected chi connectivity index (χ3v) is 3.03. The first-order chi connectivity index (χ1) is 10.4. The Labute approximate surface area is 125 Å². The Morgan fingerprint density at radius 2 is 1.77 bits per heavy atom. The standard InChI is InChI=1S/C15H12N2O5/c1-9-8-14(18)10(2)7-13(9)16-22-15(19)11-3-5-12(6-4-11)17(20)21/h3-8H,1-2H3/b16-13-. The Hall–Kier alpha value is -3.09. The number of benzene rings is 1. The van der Waals surface area contributed by atoms with Crippen molar-refractivity contribution in [3.63, 3.8) is 0 Å². The van der Waals surface area contributed by atoms with Crippen LogP contribution >= 0.6 is 0 Å². The lowest BCUT2D eigenvalue weighted by molar-refractivity contribution is -0.384. The quantitative estimate of drug-likeness (QED) is 0.370. The molecule has 7 nitrogen and oxygen atoms in total. The van der Waals surface area contributed by atoms with Crippen molar-refractivity contribution in [3.05, 3.63) is 63.2 Å². The summed E-state index contributed by atoms with van der Waals surface area (Å²) in [7, 11) is 0. The van der Waals surface area contributed by atoms with Gasteiger partial charge in [0.25, 0.3) is 5.69 Å². The lowest BCUT2D eigenvalue weighted by atomic mass is 9.99. The van der Waals surface area contributed by atoms with Crippen LogP contribution in [0.5, 0.6) is 0 Å². The van der Waals surface area contributed by atoms with Crippen LogP contribution in [0.25, 0.3) is 0 Å². The number of nitro groups is 1. The average Bonchev–Trinajstić information content (AvgIpc) is 2.49. The van der Waals surface area contributed by atoms with Gasteiger partial charge < -0.3 is 4.84 Å². The molecule has 112 valence electrons. The zero-order chi connectivity index (χ0) is 16.3. The highest BCUT2D eigenvalue weighted by Crippen LogP contribution is 2.15. The molecule has 1 aromatic carbocycles. The van der Waals surface area contributed by atoms with Gasteiger partial charge in [-0.05, 0) is 49.3 Å². The summed E-state index contributed by atoms with van der Waals surface area (Å²) >= 11 is 0. The van der Waals surface area contributed by atoms with Crippen molar-refractivity contribution < 1.29 is 19.3 Å². The second-order valence-electron chi connectivity index (χ2n) is 4.68. The zero-order valence-corrected chi connectivity index (χ0v) is 11.9. The van der Waals surface area contributed by atoms with Crippen molar-refractivity contribution in [2.24, 2.45) is 5.16 Å². The van der Waals surface area contributed by atoms with Gasteiger partial charge in [-0.3, -0.25) is 14.9 Å². The molecule has 1 aromatic rings. The average molecular weight is 300 g/mol. The molecule has 0 aromatic heterocycles. The Kier molecular flexibility index (Phi) is 4.26. The second kappa shape index (κ2) is 6.13. The topological polar surface area (TPSA) is 98.9 Å². The Balaban J connectivity index is 2.12. The largest absolute Gasteiger partial charge is 0.365 e. The van der Waals surface area contributed by atoms with Gasteiger partial charge in [-0.2, -0.15) is 0 Å². The number of allylic oxidation sites excluding steroid dienone is 4. The summed E-state index contributed by atoms with van der Waals surface area (Å²) in [6.07, 6.45) is 2.94. The molecule has 2 rings (SSSR count). The van der Waals surface area contributed by atoms with Gasteiger partial charge >= 0.3 is 5.97 Å². The van der Waals surface area contributed by atoms with Gasteiger partial charge in [0.1, 0.15) is 5.71 Å². The van der Waals surface area contributed by atoms with E-state index in [1.807, 2.05) is 0 Å². The number of nitro benzene ring substituents is 1. The summed E-state index contributed by atoms with van der Waals surface area (Å²) < 4.78 is 0. The van der Waals surface area contributed by atoms with Gasteiger partial charge in [0.2, 0.25) is 0 Å². The van der Waals surface area contributed by atoms with E-state index in [1.165, 1.54) is 36.4 Å². The van der Waals surface area contributed by atoms with Crippen LogP contribution in [0.15, 0.2) is 52.7 Å². The van der Waals surface area contributed by atoms with Crippen molar-refractivity contribution in [1.29, 1.82) is 0 Å². The van der Waals surface area contributed by atoms with Crippen molar-refractivity contribution in [1.82, 2.24) is 0 Å². The number of ketones is 1. The lowest BCUT2D eigenvalue weighted by Crippen LogP contribution is -2.11. The van der Waals surface area contributed by atoms with Crippen LogP contribution in [0.3, 0.4) is 0 Å². The first kappa shape index (κ1) is 15.3. The molecule has 22 heavy (non-hydrogen) atoms. The van der Waals surface area contributed by atoms with Gasteiger partial charge in [0.15, 0.2) is 5.78 Å². The molecule has 7 heteroatoms. The molecule has 1 aliphatic rings. The molecule has 0 amide bonds. The summed E-state index contributed by atoms with van der Waals surface area (Å²) in [6.45, 7) is 3.32. The van der Waals surface area contributed by atoms with Crippen LogP contribution in [0.2, 0.25) is 0 Å². The molecule has 0 bridgehead atoms. The second-order valence-corrected chi connectivity index (χ2v) is 4.68. The summed E-state index contributed by atoms with van der Waals surface area (Å²) in [5.74, 6) is -0.851. The van der Waals surface area contributed by atoms with E-state index in [2.05, 4.69) is 5.16 Å². The maximum atomic E-state index is 11.8. The highest BCUT2D eigenvalue weighted by molar-refractivity contribution is 6.21. The number of non-ortho nitro benzene ring substituents is 1. The van der Waals surface area contributed by atoms with Gasteiger partial charge in [-0.25, -0.2) is 4.79 Å². The number of nitrogens with zero attached hydrogens (tertiary/aromatic N) is 2. The molecule has 1 aliphatic carbocycles. The van der Waals surface area contributed by atoms with Crippen LogP contribution in [0, 0.1) is 10.1 Å². The smallest absolute Gasteiger partial charge is 0.312 e. The highest BCUT2D eigenvalue weighted by Gasteiger charge is 2.15. The summed E-state index contributed by atoms with van der Waals surface area (Å²) in [5, 5.41) is 14.3. The molecule has 0 heterocycles. The Morgan fingerprint density at radius 1 is 1.14 bits per heavy atom. The van der Waals surface area contributed by atoms with Crippen LogP contribution in [-0.4, -0.2) is 22.4 Å². The monoisotopic (exact) mass is 300 g/mol. The summed E-state index contributed by atoms with van der Waals surface area (Å²) in [4.78, 5) is 38.0. The van der Waals surface area contributed by atoms with E-state index >= 15 is 0 Å². The van der Waals surface area contributed by atoms with Crippen molar-refractivity contribution in [2.75, 3.05) is 0 Å². The van der Waals surface area contributed by atoms with E-state index in [-0.39, 0.29) is 17.0 Å². The molecule has 0 atom stereocenters. The Morgan fingerprint density at radius 3 is 2.36 bits per heavy atom. The van der Waals surface area contributed by atoms with Gasteiger partial charge in [-0.15, -0.1) is 0 Å². The van der Waals surface area contributed by atoms with E-state index in [0.717, 1.165) is 0 Å². The van der Waals surface area contributed by atoms with Crippen LogP contribution in [0.1, 0.15) is 24.2 Å². The highest BCUT2D eigenvalue weighted by atomic mass is 16.7. The first-order valence-corrected chi connectivity index (χ1v) is 6.33. The number of hydrogen-bond donors (Lipinski definition) is 0. The molecule has 0 unspecified atom stereocenters. The van der Waals surface area contributed by atoms with Gasteiger partial charge in [0.05, 0.1) is 10.5 Å². The van der Waals surface area contributed by atoms with Crippen LogP contribution in [-0.2, 0) is 9.63 Å². The summed E-state index contributed by atoms with van der Waals surface area (Å²) in [5.41, 5.74) is 1.49. The molecule has 0 radical (unpaired) electrons. The number of rotatable bonds is 3. The minimum atomic E-state index is -0.738. The van der Waals surface area contributed by atoms with E-state index in [4.69, 9.17) is 4.84 Å². The lowest BCUT2D eigenvalue weighted by Gasteiger charge is -2.08. The van der Waals surface area contributed by atoms with E-state index in [1.54, 1.807) is 13.8 Å². The molecule has 0 aliphatic heterocycles. The van der Waals surface area contributed by atoms with Gasteiger partial charge in [-0.1, -0.05) is 5.16 Å². The fourth-order valence-electron chi connectivity index (χ4n) is 1.74. The zero-order valence-electron chi connectivity index (χ0n) is 11.9. The first-order valence-electron chi connectivity index (χ1n) is 6.33. The number of hydrogen-bond acceptors (Lipinski definition) is 6. The third kappa shape index (κ3) is 3.32. The van der Waals surface area contributed by atoms with E-state index < -0.39 is 10.9 Å². The number of carbonyl (C=O) groups is 2. The third-order valence-electron chi connectivity index (χ3n) is 3.03. The van der Waals surface area contributed by atoms with Crippen LogP contribution < -0.4 is 0 Å². The van der Waals surface area contributed by atoms with Crippen LogP contribution in [0.4, 0.5) is 5.69 Å². The fraction of sp³-hybridized carbons (Fsp3) is 0.133. The van der Waals surface area contributed by atoms with E-state index in [9.17, 15) is 19.7 Å². The maximum Gasteiger partial charge on any atom is 0.365 e. The molecule has 0 saturated heterocycles. The molecule has 0 saturated carbocycles. The minimum Gasteiger partial charge on any atom is -0.312 e. The fourth-order valence-corrected chi connectivity index (χ4v) is 1.74. The van der Waals surface area contributed by atoms with E-state index in [0.29, 0.717) is 16.9 Å². The SMILES string of the molecule is CC1=C/C(=N/OC(=O)c2ccc([N+](=O)[O-])cc2)C(C)=CC1=O. The minimum absolute atomic E-state index is 0.113. The number of oxime groups is 1. The molecule has 0 N–H and O–H groups in total. The predicted octanol–water partition coefficient (Wildman–Crippen LogP) is 2.58. The molecular weight excluding hydrogens is 288 g/mol. The normalized spacial score (nSPS) is 16.1. The number of carbonyl (C=O) groups excluding carboxylic acids is 2. The van der Waals surface area contributed by atoms with Gasteiger partial charge in [0, 0.05) is 12.1 Å². The maximum absolute atomic E-state index is 11.8. The Bertz CT molecular complexity index is 742. The van der Waals surface area contributed by atoms with Crippen molar-refractivity contribution >= 4 is 23.2 Å². The molecular formula is C15H12N2O5. The molecule has 0 fully saturated rings. The van der Waals surface area contributed by atoms with Crippen molar-refractivity contribution in [3.8, 4) is 0 Å². The predicted molar refractivity (Wildman–Crippen MR) is 78.5 cm³/mol. The van der Waals surface area contributed by atoms with Crippen molar-refractivity contribution in [2.45, 2.75) is 13.8 Å².